The van der Waals surface area contributed by atoms with E-state index in [2.05, 4.69) is 17.2 Å². The SMILES string of the molecule is C=C(CC)NC(=O)c1cc(-c2cc3c(C(=O)NC)c(-c4ccc(F)cc4)oc3cc2N)ccc1OC. The molecular formula is C28H26FN3O4. The van der Waals surface area contributed by atoms with Gasteiger partial charge in [0.15, 0.2) is 0 Å². The summed E-state index contributed by atoms with van der Waals surface area (Å²) in [5, 5.41) is 5.92. The number of hydrogen-bond acceptors (Lipinski definition) is 5. The van der Waals surface area contributed by atoms with Crippen LogP contribution in [0.3, 0.4) is 0 Å². The van der Waals surface area contributed by atoms with E-state index in [1.807, 2.05) is 6.92 Å². The van der Waals surface area contributed by atoms with Crippen LogP contribution in [0, 0.1) is 5.82 Å². The molecule has 0 fully saturated rings. The molecule has 184 valence electrons. The molecule has 0 spiro atoms. The smallest absolute Gasteiger partial charge is 0.259 e. The Labute approximate surface area is 207 Å². The van der Waals surface area contributed by atoms with Crippen molar-refractivity contribution in [3.05, 3.63) is 83.8 Å². The summed E-state index contributed by atoms with van der Waals surface area (Å²) in [6.07, 6.45) is 0.594. The predicted octanol–water partition coefficient (Wildman–Crippen LogP) is 5.51. The Morgan fingerprint density at radius 1 is 1.06 bits per heavy atom. The molecule has 7 nitrogen and oxygen atoms in total. The van der Waals surface area contributed by atoms with Crippen molar-refractivity contribution in [3.8, 4) is 28.2 Å². The van der Waals surface area contributed by atoms with E-state index >= 15 is 0 Å². The summed E-state index contributed by atoms with van der Waals surface area (Å²) < 4.78 is 24.9. The largest absolute Gasteiger partial charge is 0.496 e. The number of halogens is 1. The van der Waals surface area contributed by atoms with E-state index in [1.54, 1.807) is 42.5 Å². The monoisotopic (exact) mass is 487 g/mol. The van der Waals surface area contributed by atoms with E-state index in [-0.39, 0.29) is 11.8 Å². The van der Waals surface area contributed by atoms with E-state index in [0.29, 0.717) is 68.1 Å². The fraction of sp³-hybridized carbons (Fsp3) is 0.143. The summed E-state index contributed by atoms with van der Waals surface area (Å²) in [6, 6.07) is 14.2. The molecule has 0 radical (unpaired) electrons. The van der Waals surface area contributed by atoms with Gasteiger partial charge in [0.25, 0.3) is 11.8 Å². The minimum Gasteiger partial charge on any atom is -0.496 e. The summed E-state index contributed by atoms with van der Waals surface area (Å²) >= 11 is 0. The standard InChI is InChI=1S/C28H26FN3O4/c1-5-15(2)32-27(33)21-12-17(8-11-23(21)35-4)19-13-20-24(14-22(19)30)36-26(25(20)28(34)31-3)16-6-9-18(29)10-7-16/h6-14H,2,5,30H2,1,3-4H3,(H,31,34)(H,32,33). The normalized spacial score (nSPS) is 10.8. The van der Waals surface area contributed by atoms with Crippen LogP contribution in [0.15, 0.2) is 71.3 Å². The second-order valence-corrected chi connectivity index (χ2v) is 8.15. The average Bonchev–Trinajstić information content (AvgIpc) is 3.25. The maximum atomic E-state index is 13.5. The Bertz CT molecular complexity index is 1490. The van der Waals surface area contributed by atoms with Crippen molar-refractivity contribution in [1.82, 2.24) is 10.6 Å². The summed E-state index contributed by atoms with van der Waals surface area (Å²) in [7, 11) is 3.01. The fourth-order valence-corrected chi connectivity index (χ4v) is 3.93. The van der Waals surface area contributed by atoms with Crippen LogP contribution < -0.4 is 21.1 Å². The third-order valence-corrected chi connectivity index (χ3v) is 5.89. The number of hydrogen-bond donors (Lipinski definition) is 3. The first-order valence-corrected chi connectivity index (χ1v) is 11.3. The molecule has 1 heterocycles. The Kier molecular flexibility index (Phi) is 6.78. The van der Waals surface area contributed by atoms with Gasteiger partial charge in [-0.1, -0.05) is 19.6 Å². The number of nitrogens with two attached hydrogens (primary N) is 1. The second kappa shape index (κ2) is 9.95. The van der Waals surface area contributed by atoms with Gasteiger partial charge in [-0.05, 0) is 54.4 Å². The average molecular weight is 488 g/mol. The highest BCUT2D eigenvalue weighted by Gasteiger charge is 2.23. The van der Waals surface area contributed by atoms with Crippen molar-refractivity contribution in [2.75, 3.05) is 19.9 Å². The van der Waals surface area contributed by atoms with Crippen LogP contribution in [-0.2, 0) is 0 Å². The second-order valence-electron chi connectivity index (χ2n) is 8.15. The molecule has 0 unspecified atom stereocenters. The van der Waals surface area contributed by atoms with Gasteiger partial charge in [0.05, 0.1) is 18.2 Å². The number of nitrogens with one attached hydrogen (secondary N) is 2. The molecule has 4 N–H and O–H groups in total. The minimum atomic E-state index is -0.398. The Hall–Kier alpha value is -4.59. The lowest BCUT2D eigenvalue weighted by molar-refractivity contribution is 0.0955. The molecule has 0 saturated heterocycles. The van der Waals surface area contributed by atoms with Gasteiger partial charge in [-0.25, -0.2) is 4.39 Å². The molecular weight excluding hydrogens is 461 g/mol. The number of amides is 2. The van der Waals surface area contributed by atoms with Gasteiger partial charge >= 0.3 is 0 Å². The van der Waals surface area contributed by atoms with Gasteiger partial charge in [-0.15, -0.1) is 0 Å². The number of methoxy groups -OCH3 is 1. The molecule has 4 rings (SSSR count). The molecule has 8 heteroatoms. The zero-order valence-corrected chi connectivity index (χ0v) is 20.2. The zero-order chi connectivity index (χ0) is 26.0. The van der Waals surface area contributed by atoms with Gasteiger partial charge in [0, 0.05) is 41.0 Å². The predicted molar refractivity (Wildman–Crippen MR) is 138 cm³/mol. The number of benzene rings is 3. The van der Waals surface area contributed by atoms with Crippen LogP contribution in [0.4, 0.5) is 10.1 Å². The highest BCUT2D eigenvalue weighted by molar-refractivity contribution is 6.13. The van der Waals surface area contributed by atoms with E-state index in [1.165, 1.54) is 26.3 Å². The molecule has 0 aliphatic heterocycles. The lowest BCUT2D eigenvalue weighted by atomic mass is 9.97. The molecule has 0 saturated carbocycles. The van der Waals surface area contributed by atoms with Crippen LogP contribution in [0.2, 0.25) is 0 Å². The number of nitrogen functional groups attached to an aromatic ring is 1. The number of furan rings is 1. The minimum absolute atomic E-state index is 0.297. The topological polar surface area (TPSA) is 107 Å². The quantitative estimate of drug-likeness (QED) is 0.298. The van der Waals surface area contributed by atoms with E-state index < -0.39 is 5.82 Å². The summed E-state index contributed by atoms with van der Waals surface area (Å²) in [5.74, 6) is -0.420. The zero-order valence-electron chi connectivity index (χ0n) is 20.2. The molecule has 4 aromatic rings. The molecule has 0 aliphatic rings. The van der Waals surface area contributed by atoms with Gasteiger partial charge < -0.3 is 25.5 Å². The van der Waals surface area contributed by atoms with E-state index in [4.69, 9.17) is 14.9 Å². The molecule has 0 aliphatic carbocycles. The van der Waals surface area contributed by atoms with E-state index in [9.17, 15) is 14.0 Å². The maximum Gasteiger partial charge on any atom is 0.259 e. The Morgan fingerprint density at radius 3 is 2.39 bits per heavy atom. The molecule has 1 aromatic heterocycles. The number of allylic oxidation sites excluding steroid dienone is 1. The van der Waals surface area contributed by atoms with Crippen molar-refractivity contribution in [3.63, 3.8) is 0 Å². The summed E-state index contributed by atoms with van der Waals surface area (Å²) in [5.41, 5.74) is 10.2. The Morgan fingerprint density at radius 2 is 1.75 bits per heavy atom. The van der Waals surface area contributed by atoms with Crippen LogP contribution in [-0.4, -0.2) is 26.0 Å². The van der Waals surface area contributed by atoms with Crippen molar-refractivity contribution in [2.24, 2.45) is 0 Å². The lowest BCUT2D eigenvalue weighted by Crippen LogP contribution is -2.22. The van der Waals surface area contributed by atoms with Gasteiger partial charge in [-0.2, -0.15) is 0 Å². The molecule has 36 heavy (non-hydrogen) atoms. The van der Waals surface area contributed by atoms with Crippen LogP contribution in [0.25, 0.3) is 33.4 Å². The number of anilines is 1. The number of fused-ring (bicyclic) bond motifs is 1. The number of ether oxygens (including phenoxy) is 1. The van der Waals surface area contributed by atoms with Crippen LogP contribution in [0.5, 0.6) is 5.75 Å². The number of carbonyl (C=O) groups is 2. The molecule has 0 atom stereocenters. The first-order chi connectivity index (χ1) is 17.3. The molecule has 0 bridgehead atoms. The Balaban J connectivity index is 1.90. The first kappa shape index (κ1) is 24.5. The van der Waals surface area contributed by atoms with Crippen molar-refractivity contribution in [2.45, 2.75) is 13.3 Å². The van der Waals surface area contributed by atoms with Gasteiger partial charge in [0.1, 0.15) is 22.9 Å². The van der Waals surface area contributed by atoms with Crippen molar-refractivity contribution >= 4 is 28.5 Å². The van der Waals surface area contributed by atoms with E-state index in [0.717, 1.165) is 0 Å². The highest BCUT2D eigenvalue weighted by atomic mass is 19.1. The van der Waals surface area contributed by atoms with Crippen molar-refractivity contribution < 1.29 is 23.1 Å². The maximum absolute atomic E-state index is 13.5. The summed E-state index contributed by atoms with van der Waals surface area (Å²) in [6.45, 7) is 5.72. The van der Waals surface area contributed by atoms with Crippen LogP contribution in [0.1, 0.15) is 34.1 Å². The third-order valence-electron chi connectivity index (χ3n) is 5.89. The van der Waals surface area contributed by atoms with Crippen LogP contribution >= 0.6 is 0 Å². The molecule has 3 aromatic carbocycles. The fourth-order valence-electron chi connectivity index (χ4n) is 3.93. The number of carbonyl (C=O) groups excluding carboxylic acids is 2. The summed E-state index contributed by atoms with van der Waals surface area (Å²) in [4.78, 5) is 25.7. The lowest BCUT2D eigenvalue weighted by Gasteiger charge is -2.13. The number of rotatable bonds is 7. The first-order valence-electron chi connectivity index (χ1n) is 11.3. The molecule has 2 amide bonds. The third kappa shape index (κ3) is 4.53. The van der Waals surface area contributed by atoms with Gasteiger partial charge in [0.2, 0.25) is 0 Å². The van der Waals surface area contributed by atoms with Gasteiger partial charge in [-0.3, -0.25) is 9.59 Å². The van der Waals surface area contributed by atoms with Crippen molar-refractivity contribution in [1.29, 1.82) is 0 Å². The highest BCUT2D eigenvalue weighted by Crippen LogP contribution is 2.39.